The standard InChI is InChI=1S/C7H7N3O3/c8-5(11)4-2-1-3-10(6(4)12)7(9)13/h1-3H,(H2,8,11)(H2,9,13). The molecule has 0 atom stereocenters. The van der Waals surface area contributed by atoms with Gasteiger partial charge < -0.3 is 11.5 Å². The number of pyridine rings is 1. The predicted molar refractivity (Wildman–Crippen MR) is 44.2 cm³/mol. The van der Waals surface area contributed by atoms with Crippen molar-refractivity contribution in [1.29, 1.82) is 0 Å². The van der Waals surface area contributed by atoms with Crippen molar-refractivity contribution in [2.24, 2.45) is 11.5 Å². The smallest absolute Gasteiger partial charge is 0.325 e. The Hall–Kier alpha value is -2.11. The fourth-order valence-corrected chi connectivity index (χ4v) is 0.855. The summed E-state index contributed by atoms with van der Waals surface area (Å²) in [6, 6.07) is 1.61. The van der Waals surface area contributed by atoms with Gasteiger partial charge in [0.05, 0.1) is 0 Å². The van der Waals surface area contributed by atoms with Crippen molar-refractivity contribution in [2.45, 2.75) is 0 Å². The maximum absolute atomic E-state index is 11.2. The average molecular weight is 181 g/mol. The maximum Gasteiger partial charge on any atom is 0.325 e. The number of nitrogens with two attached hydrogens (primary N) is 2. The number of hydrogen-bond donors (Lipinski definition) is 2. The van der Waals surface area contributed by atoms with Crippen LogP contribution in [0.2, 0.25) is 0 Å². The first-order chi connectivity index (χ1) is 6.04. The van der Waals surface area contributed by atoms with Crippen LogP contribution < -0.4 is 17.0 Å². The molecule has 1 rings (SSSR count). The van der Waals surface area contributed by atoms with Gasteiger partial charge in [0.25, 0.3) is 11.5 Å². The Bertz CT molecular complexity index is 386. The highest BCUT2D eigenvalue weighted by molar-refractivity contribution is 5.93. The number of primary amides is 2. The first-order valence-electron chi connectivity index (χ1n) is 3.35. The number of rotatable bonds is 1. The minimum absolute atomic E-state index is 0.263. The maximum atomic E-state index is 11.2. The van der Waals surface area contributed by atoms with Crippen LogP contribution in [-0.2, 0) is 0 Å². The van der Waals surface area contributed by atoms with Crippen LogP contribution in [0, 0.1) is 0 Å². The zero-order valence-corrected chi connectivity index (χ0v) is 6.56. The second-order valence-electron chi connectivity index (χ2n) is 2.30. The first-order valence-corrected chi connectivity index (χ1v) is 3.35. The van der Waals surface area contributed by atoms with E-state index in [1.807, 2.05) is 0 Å². The topological polar surface area (TPSA) is 108 Å². The molecule has 0 aliphatic carbocycles. The zero-order valence-electron chi connectivity index (χ0n) is 6.56. The molecule has 2 amide bonds. The van der Waals surface area contributed by atoms with E-state index >= 15 is 0 Å². The summed E-state index contributed by atoms with van der Waals surface area (Å²) in [5.41, 5.74) is 8.67. The molecule has 6 heteroatoms. The largest absolute Gasteiger partial charge is 0.365 e. The molecule has 1 aromatic heterocycles. The van der Waals surface area contributed by atoms with E-state index in [1.54, 1.807) is 0 Å². The van der Waals surface area contributed by atoms with E-state index in [4.69, 9.17) is 11.5 Å². The van der Waals surface area contributed by atoms with Gasteiger partial charge in [-0.2, -0.15) is 0 Å². The first kappa shape index (κ1) is 8.98. The van der Waals surface area contributed by atoms with Crippen molar-refractivity contribution in [3.05, 3.63) is 34.2 Å². The molecule has 4 N–H and O–H groups in total. The van der Waals surface area contributed by atoms with Crippen LogP contribution in [0.3, 0.4) is 0 Å². The minimum Gasteiger partial charge on any atom is -0.365 e. The van der Waals surface area contributed by atoms with E-state index in [9.17, 15) is 14.4 Å². The lowest BCUT2D eigenvalue weighted by Crippen LogP contribution is -2.35. The summed E-state index contributed by atoms with van der Waals surface area (Å²) in [6.07, 6.45) is 1.16. The lowest BCUT2D eigenvalue weighted by atomic mass is 10.2. The lowest BCUT2D eigenvalue weighted by Gasteiger charge is -1.99. The van der Waals surface area contributed by atoms with Crippen LogP contribution in [-0.4, -0.2) is 16.5 Å². The SMILES string of the molecule is NC(=O)c1cccn(C(N)=O)c1=O. The van der Waals surface area contributed by atoms with E-state index in [0.29, 0.717) is 4.57 Å². The molecule has 0 saturated carbocycles. The molecule has 0 bridgehead atoms. The fourth-order valence-electron chi connectivity index (χ4n) is 0.855. The van der Waals surface area contributed by atoms with Crippen molar-refractivity contribution >= 4 is 11.9 Å². The molecular weight excluding hydrogens is 174 g/mol. The quantitative estimate of drug-likeness (QED) is 0.572. The number of amides is 2. The van der Waals surface area contributed by atoms with Gasteiger partial charge in [-0.25, -0.2) is 9.36 Å². The van der Waals surface area contributed by atoms with Crippen LogP contribution in [0.15, 0.2) is 23.1 Å². The van der Waals surface area contributed by atoms with E-state index < -0.39 is 17.5 Å². The Morgan fingerprint density at radius 2 is 1.92 bits per heavy atom. The molecule has 0 aliphatic rings. The second kappa shape index (κ2) is 3.10. The van der Waals surface area contributed by atoms with Crippen LogP contribution in [0.5, 0.6) is 0 Å². The number of carbonyl (C=O) groups excluding carboxylic acids is 2. The van der Waals surface area contributed by atoms with Gasteiger partial charge in [0, 0.05) is 6.20 Å². The molecule has 0 aliphatic heterocycles. The summed E-state index contributed by atoms with van der Waals surface area (Å²) in [4.78, 5) is 32.5. The molecule has 0 spiro atoms. The highest BCUT2D eigenvalue weighted by Gasteiger charge is 2.09. The van der Waals surface area contributed by atoms with Gasteiger partial charge >= 0.3 is 6.03 Å². The number of aromatic nitrogens is 1. The minimum atomic E-state index is -0.951. The van der Waals surface area contributed by atoms with Gasteiger partial charge in [-0.05, 0) is 12.1 Å². The van der Waals surface area contributed by atoms with Gasteiger partial charge in [-0.3, -0.25) is 9.59 Å². The normalized spacial score (nSPS) is 9.54. The molecular formula is C7H7N3O3. The van der Waals surface area contributed by atoms with Gasteiger partial charge in [0.1, 0.15) is 5.56 Å². The van der Waals surface area contributed by atoms with Crippen LogP contribution in [0.25, 0.3) is 0 Å². The van der Waals surface area contributed by atoms with Crippen molar-refractivity contribution in [3.8, 4) is 0 Å². The second-order valence-corrected chi connectivity index (χ2v) is 2.30. The molecule has 68 valence electrons. The van der Waals surface area contributed by atoms with E-state index in [1.165, 1.54) is 12.1 Å². The third kappa shape index (κ3) is 1.56. The van der Waals surface area contributed by atoms with E-state index in [-0.39, 0.29) is 5.56 Å². The van der Waals surface area contributed by atoms with E-state index in [0.717, 1.165) is 6.20 Å². The third-order valence-corrected chi connectivity index (χ3v) is 1.45. The number of carbonyl (C=O) groups is 2. The third-order valence-electron chi connectivity index (χ3n) is 1.45. The average Bonchev–Trinajstić information content (AvgIpc) is 2.03. The highest BCUT2D eigenvalue weighted by Crippen LogP contribution is 1.89. The molecule has 6 nitrogen and oxygen atoms in total. The Labute approximate surface area is 72.8 Å². The van der Waals surface area contributed by atoms with E-state index in [2.05, 4.69) is 0 Å². The Morgan fingerprint density at radius 1 is 1.31 bits per heavy atom. The van der Waals surface area contributed by atoms with Crippen molar-refractivity contribution in [1.82, 2.24) is 4.57 Å². The molecule has 1 aromatic rings. The zero-order chi connectivity index (χ0) is 10.0. The van der Waals surface area contributed by atoms with Crippen LogP contribution >= 0.6 is 0 Å². The Kier molecular flexibility index (Phi) is 2.14. The Balaban J connectivity index is 3.44. The summed E-state index contributed by atoms with van der Waals surface area (Å²) in [5, 5.41) is 0. The van der Waals surface area contributed by atoms with Crippen molar-refractivity contribution < 1.29 is 9.59 Å². The summed E-state index contributed by atoms with van der Waals surface area (Å²) in [5.74, 6) is -0.888. The predicted octanol–water partition coefficient (Wildman–Crippen LogP) is -1.13. The summed E-state index contributed by atoms with van der Waals surface area (Å²) >= 11 is 0. The van der Waals surface area contributed by atoms with Crippen molar-refractivity contribution in [2.75, 3.05) is 0 Å². The molecule has 1 heterocycles. The summed E-state index contributed by atoms with van der Waals surface area (Å²) in [7, 11) is 0. The fraction of sp³-hybridized carbons (Fsp3) is 0. The van der Waals surface area contributed by atoms with Gasteiger partial charge in [-0.15, -0.1) is 0 Å². The van der Waals surface area contributed by atoms with Crippen LogP contribution in [0.4, 0.5) is 4.79 Å². The highest BCUT2D eigenvalue weighted by atomic mass is 16.2. The molecule has 0 fully saturated rings. The Morgan fingerprint density at radius 3 is 2.38 bits per heavy atom. The molecule has 0 unspecified atom stereocenters. The molecule has 0 aromatic carbocycles. The van der Waals surface area contributed by atoms with Crippen LogP contribution in [0.1, 0.15) is 10.4 Å². The molecule has 0 radical (unpaired) electrons. The summed E-state index contributed by atoms with van der Waals surface area (Å²) < 4.78 is 0.611. The van der Waals surface area contributed by atoms with Gasteiger partial charge in [-0.1, -0.05) is 0 Å². The molecule has 0 saturated heterocycles. The number of nitrogens with zero attached hydrogens (tertiary/aromatic N) is 1. The number of hydrogen-bond acceptors (Lipinski definition) is 3. The monoisotopic (exact) mass is 181 g/mol. The van der Waals surface area contributed by atoms with Gasteiger partial charge in [0.2, 0.25) is 0 Å². The summed E-state index contributed by atoms with van der Waals surface area (Å²) in [6.45, 7) is 0. The lowest BCUT2D eigenvalue weighted by molar-refractivity contribution is 0.0998. The van der Waals surface area contributed by atoms with Crippen molar-refractivity contribution in [3.63, 3.8) is 0 Å². The molecule has 13 heavy (non-hydrogen) atoms. The van der Waals surface area contributed by atoms with Gasteiger partial charge in [0.15, 0.2) is 0 Å².